The van der Waals surface area contributed by atoms with Crippen molar-refractivity contribution < 1.29 is 13.3 Å². The highest BCUT2D eigenvalue weighted by atomic mass is 32.2. The van der Waals surface area contributed by atoms with E-state index in [1.165, 1.54) is 30.9 Å². The molecule has 0 saturated heterocycles. The molecule has 0 heterocycles. The molecule has 1 rings (SSSR count). The van der Waals surface area contributed by atoms with Crippen LogP contribution >= 0.6 is 11.8 Å². The Morgan fingerprint density at radius 3 is 2.63 bits per heavy atom. The second-order valence-corrected chi connectivity index (χ2v) is 6.33. The van der Waals surface area contributed by atoms with Crippen LogP contribution in [0.1, 0.15) is 0 Å². The van der Waals surface area contributed by atoms with Crippen LogP contribution in [0, 0.1) is 10.1 Å². The molecular formula is C10H15N3O4S2. The Morgan fingerprint density at radius 1 is 1.42 bits per heavy atom. The van der Waals surface area contributed by atoms with Crippen LogP contribution in [-0.2, 0) is 10.0 Å². The van der Waals surface area contributed by atoms with Gasteiger partial charge in [0.15, 0.2) is 0 Å². The highest BCUT2D eigenvalue weighted by molar-refractivity contribution is 7.98. The number of hydrogen-bond donors (Lipinski definition) is 2. The fourth-order valence-corrected chi connectivity index (χ4v) is 2.89. The standard InChI is InChI=1S/C10H15N3O4S2/c1-11-9-4-3-8(7-10(9)13(14)15)19(16,17)12-5-6-18-2/h3-4,7,11-12H,5-6H2,1-2H3. The molecule has 1 aromatic carbocycles. The van der Waals surface area contributed by atoms with Crippen LogP contribution in [0.25, 0.3) is 0 Å². The summed E-state index contributed by atoms with van der Waals surface area (Å²) in [6, 6.07) is 3.76. The van der Waals surface area contributed by atoms with Crippen molar-refractivity contribution in [1.82, 2.24) is 4.72 Å². The summed E-state index contributed by atoms with van der Waals surface area (Å²) in [4.78, 5) is 10.1. The third-order valence-electron chi connectivity index (χ3n) is 2.34. The maximum Gasteiger partial charge on any atom is 0.293 e. The Labute approximate surface area is 116 Å². The lowest BCUT2D eigenvalue weighted by Crippen LogP contribution is -2.26. The molecule has 19 heavy (non-hydrogen) atoms. The molecule has 0 spiro atoms. The highest BCUT2D eigenvalue weighted by Crippen LogP contribution is 2.26. The number of nitro groups is 1. The Morgan fingerprint density at radius 2 is 2.11 bits per heavy atom. The summed E-state index contributed by atoms with van der Waals surface area (Å²) in [7, 11) is -2.17. The fraction of sp³-hybridized carbons (Fsp3) is 0.400. The lowest BCUT2D eigenvalue weighted by Gasteiger charge is -2.07. The largest absolute Gasteiger partial charge is 0.383 e. The molecular weight excluding hydrogens is 290 g/mol. The Bertz CT molecular complexity index is 560. The van der Waals surface area contributed by atoms with Crippen molar-refractivity contribution >= 4 is 33.2 Å². The van der Waals surface area contributed by atoms with Gasteiger partial charge in [-0.3, -0.25) is 10.1 Å². The van der Waals surface area contributed by atoms with Gasteiger partial charge in [0, 0.05) is 25.4 Å². The molecule has 0 unspecified atom stereocenters. The van der Waals surface area contributed by atoms with Gasteiger partial charge in [-0.1, -0.05) is 0 Å². The second-order valence-electron chi connectivity index (χ2n) is 3.58. The second kappa shape index (κ2) is 6.73. The van der Waals surface area contributed by atoms with Gasteiger partial charge in [0.05, 0.1) is 9.82 Å². The number of nitro benzene ring substituents is 1. The topological polar surface area (TPSA) is 101 Å². The number of sulfonamides is 1. The summed E-state index contributed by atoms with van der Waals surface area (Å²) in [5.41, 5.74) is 0.00306. The van der Waals surface area contributed by atoms with E-state index in [-0.39, 0.29) is 22.8 Å². The van der Waals surface area contributed by atoms with E-state index in [1.54, 1.807) is 0 Å². The first kappa shape index (κ1) is 15.7. The zero-order valence-electron chi connectivity index (χ0n) is 10.5. The predicted molar refractivity (Wildman–Crippen MR) is 76.2 cm³/mol. The fourth-order valence-electron chi connectivity index (χ4n) is 1.40. The predicted octanol–water partition coefficient (Wildman–Crippen LogP) is 1.28. The first-order valence-electron chi connectivity index (χ1n) is 5.37. The third kappa shape index (κ3) is 4.08. The van der Waals surface area contributed by atoms with Crippen LogP contribution < -0.4 is 10.0 Å². The molecule has 1 aromatic rings. The monoisotopic (exact) mass is 305 g/mol. The van der Waals surface area contributed by atoms with Crippen molar-refractivity contribution in [3.05, 3.63) is 28.3 Å². The van der Waals surface area contributed by atoms with E-state index >= 15 is 0 Å². The van der Waals surface area contributed by atoms with Crippen molar-refractivity contribution in [2.75, 3.05) is 30.9 Å². The van der Waals surface area contributed by atoms with Gasteiger partial charge in [-0.15, -0.1) is 0 Å². The van der Waals surface area contributed by atoms with Gasteiger partial charge in [-0.25, -0.2) is 13.1 Å². The maximum absolute atomic E-state index is 11.9. The van der Waals surface area contributed by atoms with Crippen molar-refractivity contribution in [1.29, 1.82) is 0 Å². The Balaban J connectivity index is 3.07. The average Bonchev–Trinajstić information content (AvgIpc) is 2.38. The molecule has 7 nitrogen and oxygen atoms in total. The van der Waals surface area contributed by atoms with Crippen LogP contribution in [0.5, 0.6) is 0 Å². The van der Waals surface area contributed by atoms with E-state index in [1.807, 2.05) is 6.26 Å². The van der Waals surface area contributed by atoms with Gasteiger partial charge < -0.3 is 5.32 Å². The highest BCUT2D eigenvalue weighted by Gasteiger charge is 2.20. The Kier molecular flexibility index (Phi) is 5.58. The molecule has 0 saturated carbocycles. The summed E-state index contributed by atoms with van der Waals surface area (Å²) in [6.07, 6.45) is 1.86. The summed E-state index contributed by atoms with van der Waals surface area (Å²) in [5, 5.41) is 13.5. The zero-order chi connectivity index (χ0) is 14.5. The molecule has 2 N–H and O–H groups in total. The number of nitrogens with one attached hydrogen (secondary N) is 2. The van der Waals surface area contributed by atoms with Gasteiger partial charge in [0.1, 0.15) is 5.69 Å². The van der Waals surface area contributed by atoms with Gasteiger partial charge in [-0.2, -0.15) is 11.8 Å². The number of nitrogens with zero attached hydrogens (tertiary/aromatic N) is 1. The van der Waals surface area contributed by atoms with E-state index in [0.717, 1.165) is 6.07 Å². The van der Waals surface area contributed by atoms with Crippen molar-refractivity contribution in [3.63, 3.8) is 0 Å². The van der Waals surface area contributed by atoms with E-state index in [9.17, 15) is 18.5 Å². The number of benzene rings is 1. The minimum atomic E-state index is -3.71. The molecule has 0 aliphatic heterocycles. The normalized spacial score (nSPS) is 11.3. The van der Waals surface area contributed by atoms with E-state index < -0.39 is 14.9 Å². The summed E-state index contributed by atoms with van der Waals surface area (Å²) in [5.74, 6) is 0.635. The van der Waals surface area contributed by atoms with Gasteiger partial charge >= 0.3 is 0 Å². The molecule has 0 fully saturated rings. The number of thioether (sulfide) groups is 1. The number of rotatable bonds is 7. The zero-order valence-corrected chi connectivity index (χ0v) is 12.2. The quantitative estimate of drug-likeness (QED) is 0.447. The molecule has 0 bridgehead atoms. The molecule has 0 aliphatic rings. The van der Waals surface area contributed by atoms with Crippen molar-refractivity contribution in [3.8, 4) is 0 Å². The van der Waals surface area contributed by atoms with E-state index in [0.29, 0.717) is 5.75 Å². The summed E-state index contributed by atoms with van der Waals surface area (Å²) < 4.78 is 26.2. The summed E-state index contributed by atoms with van der Waals surface area (Å²) in [6.45, 7) is 0.283. The minimum absolute atomic E-state index is 0.112. The average molecular weight is 305 g/mol. The lowest BCUT2D eigenvalue weighted by molar-refractivity contribution is -0.384. The number of anilines is 1. The molecule has 9 heteroatoms. The van der Waals surface area contributed by atoms with Crippen LogP contribution in [0.15, 0.2) is 23.1 Å². The lowest BCUT2D eigenvalue weighted by atomic mass is 10.3. The van der Waals surface area contributed by atoms with Crippen molar-refractivity contribution in [2.24, 2.45) is 0 Å². The van der Waals surface area contributed by atoms with E-state index in [4.69, 9.17) is 0 Å². The Hall–Kier alpha value is -1.32. The SMILES string of the molecule is CNc1ccc(S(=O)(=O)NCCSC)cc1[N+](=O)[O-]. The third-order valence-corrected chi connectivity index (χ3v) is 4.41. The minimum Gasteiger partial charge on any atom is -0.383 e. The summed E-state index contributed by atoms with van der Waals surface area (Å²) >= 11 is 1.51. The molecule has 0 amide bonds. The molecule has 0 radical (unpaired) electrons. The smallest absolute Gasteiger partial charge is 0.293 e. The van der Waals surface area contributed by atoms with Crippen LogP contribution in [0.2, 0.25) is 0 Å². The molecule has 0 aliphatic carbocycles. The van der Waals surface area contributed by atoms with Crippen LogP contribution in [0.3, 0.4) is 0 Å². The van der Waals surface area contributed by atoms with Gasteiger partial charge in [0.25, 0.3) is 5.69 Å². The molecule has 0 atom stereocenters. The van der Waals surface area contributed by atoms with Gasteiger partial charge in [0.2, 0.25) is 10.0 Å². The maximum atomic E-state index is 11.9. The molecule has 0 aromatic heterocycles. The van der Waals surface area contributed by atoms with Crippen LogP contribution in [0.4, 0.5) is 11.4 Å². The molecule has 106 valence electrons. The first-order valence-corrected chi connectivity index (χ1v) is 8.25. The first-order chi connectivity index (χ1) is 8.92. The van der Waals surface area contributed by atoms with Crippen LogP contribution in [-0.4, -0.2) is 38.9 Å². The van der Waals surface area contributed by atoms with E-state index in [2.05, 4.69) is 10.0 Å². The van der Waals surface area contributed by atoms with Gasteiger partial charge in [-0.05, 0) is 18.4 Å². The number of hydrogen-bond acceptors (Lipinski definition) is 6. The van der Waals surface area contributed by atoms with Crippen molar-refractivity contribution in [2.45, 2.75) is 4.90 Å².